The number of ether oxygens (including phenoxy) is 2. The number of hydrogen-bond acceptors (Lipinski definition) is 8. The molecule has 0 amide bonds. The van der Waals surface area contributed by atoms with Gasteiger partial charge in [-0.15, -0.1) is 0 Å². The van der Waals surface area contributed by atoms with Crippen LogP contribution >= 0.6 is 0 Å². The third-order valence-corrected chi connectivity index (χ3v) is 7.59. The number of aliphatic carboxylic acids is 1. The maximum Gasteiger partial charge on any atom is 0.397 e. The fourth-order valence-electron chi connectivity index (χ4n) is 4.70. The summed E-state index contributed by atoms with van der Waals surface area (Å²) < 4.78 is 45.5. The lowest BCUT2D eigenvalue weighted by Gasteiger charge is -2.38. The lowest BCUT2D eigenvalue weighted by atomic mass is 9.66. The summed E-state index contributed by atoms with van der Waals surface area (Å²) in [5.41, 5.74) is -2.61. The molecule has 0 saturated heterocycles. The molecule has 1 aromatic carbocycles. The molecule has 0 bridgehead atoms. The Morgan fingerprint density at radius 3 is 1.92 bits per heavy atom. The summed E-state index contributed by atoms with van der Waals surface area (Å²) in [5, 5.41) is 9.81. The van der Waals surface area contributed by atoms with Gasteiger partial charge in [0.1, 0.15) is 13.2 Å². The van der Waals surface area contributed by atoms with Crippen molar-refractivity contribution in [2.45, 2.75) is 86.0 Å². The lowest BCUT2D eigenvalue weighted by Crippen LogP contribution is -2.40. The molecule has 0 aliphatic carbocycles. The highest BCUT2D eigenvalue weighted by molar-refractivity contribution is 7.80. The smallest absolute Gasteiger partial charge is 0.397 e. The first kappa shape index (κ1) is 34.5. The van der Waals surface area contributed by atoms with Gasteiger partial charge in [-0.2, -0.15) is 8.42 Å². The van der Waals surface area contributed by atoms with Gasteiger partial charge >= 0.3 is 28.3 Å². The summed E-state index contributed by atoms with van der Waals surface area (Å²) in [5.74, 6) is -2.49. The van der Waals surface area contributed by atoms with Gasteiger partial charge in [0.05, 0.1) is 22.9 Å². The third-order valence-electron chi connectivity index (χ3n) is 7.12. The van der Waals surface area contributed by atoms with Crippen molar-refractivity contribution in [2.75, 3.05) is 19.8 Å². The fraction of sp³-hybridized carbons (Fsp3) is 0.679. The first-order valence-electron chi connectivity index (χ1n) is 13.2. The minimum atomic E-state index is -4.71. The second-order valence-corrected chi connectivity index (χ2v) is 12.3. The zero-order chi connectivity index (χ0) is 29.9. The zero-order valence-electron chi connectivity index (χ0n) is 23.9. The van der Waals surface area contributed by atoms with Crippen molar-refractivity contribution in [3.8, 4) is 0 Å². The number of carboxylic acid groups (broad SMARTS) is 1. The van der Waals surface area contributed by atoms with Crippen LogP contribution in [-0.2, 0) is 38.4 Å². The van der Waals surface area contributed by atoms with Gasteiger partial charge in [-0.05, 0) is 71.3 Å². The van der Waals surface area contributed by atoms with Crippen LogP contribution in [0.3, 0.4) is 0 Å². The molecule has 10 nitrogen and oxygen atoms in total. The van der Waals surface area contributed by atoms with E-state index in [-0.39, 0.29) is 24.7 Å². The molecule has 0 heterocycles. The SMILES string of the molecule is CCCCOC(=O)C(C)(CC)CC(CC(C)(CC(C)(C)C(=O)O)C(=O)OCCOS(=O)(=O)O)c1ccccc1. The normalized spacial score (nSPS) is 16.0. The van der Waals surface area contributed by atoms with E-state index in [2.05, 4.69) is 4.18 Å². The molecule has 222 valence electrons. The average molecular weight is 573 g/mol. The Kier molecular flexibility index (Phi) is 13.1. The molecule has 0 radical (unpaired) electrons. The lowest BCUT2D eigenvalue weighted by molar-refractivity contribution is -0.162. The summed E-state index contributed by atoms with van der Waals surface area (Å²) in [7, 11) is -4.71. The molecule has 3 atom stereocenters. The highest BCUT2D eigenvalue weighted by atomic mass is 32.3. The molecule has 0 fully saturated rings. The van der Waals surface area contributed by atoms with E-state index in [0.29, 0.717) is 19.4 Å². The molecule has 0 aliphatic rings. The molecule has 3 unspecified atom stereocenters. The molecule has 0 spiro atoms. The Bertz CT molecular complexity index is 1050. The molecule has 0 aliphatic heterocycles. The number of carbonyl (C=O) groups excluding carboxylic acids is 2. The molecular formula is C28H44O10S. The van der Waals surface area contributed by atoms with Crippen molar-refractivity contribution in [1.29, 1.82) is 0 Å². The molecule has 2 N–H and O–H groups in total. The minimum Gasteiger partial charge on any atom is -0.481 e. The largest absolute Gasteiger partial charge is 0.481 e. The summed E-state index contributed by atoms with van der Waals surface area (Å²) >= 11 is 0. The summed E-state index contributed by atoms with van der Waals surface area (Å²) in [6, 6.07) is 9.37. The first-order valence-corrected chi connectivity index (χ1v) is 14.6. The van der Waals surface area contributed by atoms with E-state index in [1.54, 1.807) is 6.92 Å². The first-order chi connectivity index (χ1) is 18.0. The highest BCUT2D eigenvalue weighted by Gasteiger charge is 2.46. The maximum atomic E-state index is 13.4. The van der Waals surface area contributed by atoms with Crippen LogP contribution in [0.4, 0.5) is 0 Å². The van der Waals surface area contributed by atoms with Crippen LogP contribution in [0.25, 0.3) is 0 Å². The predicted molar refractivity (Wildman–Crippen MR) is 145 cm³/mol. The number of carbonyl (C=O) groups is 3. The Labute approximate surface area is 232 Å². The standard InChI is InChI=1S/C28H44O10S/c1-7-9-15-36-24(31)27(5,8-2)18-22(21-13-11-10-12-14-21)19-28(6,20-26(3,4)23(29)30)25(32)37-16-17-38-39(33,34)35/h10-14,22H,7-9,15-20H2,1-6H3,(H,29,30)(H,33,34,35). The Morgan fingerprint density at radius 1 is 0.872 bits per heavy atom. The van der Waals surface area contributed by atoms with Gasteiger partial charge in [-0.1, -0.05) is 50.6 Å². The van der Waals surface area contributed by atoms with Gasteiger partial charge in [0.25, 0.3) is 0 Å². The van der Waals surface area contributed by atoms with Gasteiger partial charge in [0.2, 0.25) is 0 Å². The quantitative estimate of drug-likeness (QED) is 0.137. The molecule has 0 aromatic heterocycles. The van der Waals surface area contributed by atoms with Crippen LogP contribution in [0.5, 0.6) is 0 Å². The van der Waals surface area contributed by atoms with Crippen LogP contribution in [0.15, 0.2) is 30.3 Å². The van der Waals surface area contributed by atoms with Crippen LogP contribution in [0.2, 0.25) is 0 Å². The number of hydrogen-bond donors (Lipinski definition) is 2. The molecule has 11 heteroatoms. The van der Waals surface area contributed by atoms with Gasteiger partial charge in [-0.25, -0.2) is 4.18 Å². The third kappa shape index (κ3) is 11.3. The number of rotatable bonds is 18. The predicted octanol–water partition coefficient (Wildman–Crippen LogP) is 5.18. The Balaban J connectivity index is 3.39. The van der Waals surface area contributed by atoms with Crippen LogP contribution < -0.4 is 0 Å². The van der Waals surface area contributed by atoms with Crippen molar-refractivity contribution in [2.24, 2.45) is 16.2 Å². The maximum absolute atomic E-state index is 13.4. The van der Waals surface area contributed by atoms with Crippen molar-refractivity contribution in [1.82, 2.24) is 0 Å². The van der Waals surface area contributed by atoms with Crippen LogP contribution in [0.1, 0.15) is 91.5 Å². The van der Waals surface area contributed by atoms with Gasteiger partial charge in [-0.3, -0.25) is 18.9 Å². The second-order valence-electron chi connectivity index (χ2n) is 11.2. The molecular weight excluding hydrogens is 528 g/mol. The summed E-state index contributed by atoms with van der Waals surface area (Å²) in [4.78, 5) is 38.6. The number of esters is 2. The number of carboxylic acids is 1. The topological polar surface area (TPSA) is 154 Å². The second kappa shape index (κ2) is 14.8. The van der Waals surface area contributed by atoms with Gasteiger partial charge in [0.15, 0.2) is 0 Å². The fourth-order valence-corrected chi connectivity index (χ4v) is 4.98. The van der Waals surface area contributed by atoms with Crippen molar-refractivity contribution >= 4 is 28.3 Å². The van der Waals surface area contributed by atoms with E-state index in [0.717, 1.165) is 18.4 Å². The zero-order valence-corrected chi connectivity index (χ0v) is 24.7. The van der Waals surface area contributed by atoms with Crippen molar-refractivity contribution < 1.29 is 46.1 Å². The Hall–Kier alpha value is -2.50. The molecule has 1 rings (SSSR count). The minimum absolute atomic E-state index is 0.0829. The van der Waals surface area contributed by atoms with Crippen molar-refractivity contribution in [3.63, 3.8) is 0 Å². The van der Waals surface area contributed by atoms with Crippen LogP contribution in [-0.4, -0.2) is 55.8 Å². The molecule has 39 heavy (non-hydrogen) atoms. The Morgan fingerprint density at radius 2 is 1.41 bits per heavy atom. The average Bonchev–Trinajstić information content (AvgIpc) is 2.85. The number of benzene rings is 1. The molecule has 1 aromatic rings. The van der Waals surface area contributed by atoms with Crippen LogP contribution in [0, 0.1) is 16.2 Å². The van der Waals surface area contributed by atoms with E-state index >= 15 is 0 Å². The van der Waals surface area contributed by atoms with E-state index < -0.39 is 51.8 Å². The van der Waals surface area contributed by atoms with Gasteiger partial charge < -0.3 is 14.6 Å². The van der Waals surface area contributed by atoms with E-state index in [9.17, 15) is 27.9 Å². The molecule has 0 saturated carbocycles. The highest BCUT2D eigenvalue weighted by Crippen LogP contribution is 2.46. The van der Waals surface area contributed by atoms with Crippen molar-refractivity contribution in [3.05, 3.63) is 35.9 Å². The van der Waals surface area contributed by atoms with E-state index in [1.807, 2.05) is 51.1 Å². The summed E-state index contributed by atoms with van der Waals surface area (Å²) in [6.07, 6.45) is 2.56. The monoisotopic (exact) mass is 572 g/mol. The summed E-state index contributed by atoms with van der Waals surface area (Å²) in [6.45, 7) is 9.65. The van der Waals surface area contributed by atoms with E-state index in [4.69, 9.17) is 14.0 Å². The number of unbranched alkanes of at least 4 members (excludes halogenated alkanes) is 1. The van der Waals surface area contributed by atoms with E-state index in [1.165, 1.54) is 13.8 Å². The van der Waals surface area contributed by atoms with Gasteiger partial charge in [0, 0.05) is 0 Å².